The van der Waals surface area contributed by atoms with Gasteiger partial charge in [0, 0.05) is 0 Å². The van der Waals surface area contributed by atoms with E-state index in [4.69, 9.17) is 0 Å². The van der Waals surface area contributed by atoms with E-state index in [1.807, 2.05) is 0 Å². The van der Waals surface area contributed by atoms with E-state index in [0.717, 1.165) is 0 Å². The average Bonchev–Trinajstić information content (AvgIpc) is 2.39. The van der Waals surface area contributed by atoms with Crippen LogP contribution in [0.4, 0.5) is 0 Å². The van der Waals surface area contributed by atoms with E-state index in [9.17, 15) is 0 Å². The molecular formula is C16H16Se2. The van der Waals surface area contributed by atoms with Crippen LogP contribution in [0.15, 0.2) is 58.5 Å². The molecule has 0 aliphatic heterocycles. The Balaban J connectivity index is 1.85. The minimum atomic E-state index is 0.472. The number of benzene rings is 2. The summed E-state index contributed by atoms with van der Waals surface area (Å²) in [5, 5.41) is 0. The summed E-state index contributed by atoms with van der Waals surface area (Å²) in [5.74, 6) is 0. The van der Waals surface area contributed by atoms with Gasteiger partial charge in [-0.15, -0.1) is 0 Å². The van der Waals surface area contributed by atoms with Crippen molar-refractivity contribution in [3.63, 3.8) is 0 Å². The molecule has 0 spiro atoms. The third-order valence-electron chi connectivity index (χ3n) is 2.51. The van der Waals surface area contributed by atoms with E-state index in [1.165, 1.54) is 20.1 Å². The molecule has 0 N–H and O–H groups in total. The van der Waals surface area contributed by atoms with Crippen molar-refractivity contribution in [1.29, 1.82) is 0 Å². The Bertz CT molecular complexity index is 460. The molecule has 0 aliphatic rings. The maximum atomic E-state index is 2.34. The van der Waals surface area contributed by atoms with Gasteiger partial charge >= 0.3 is 122 Å². The molecule has 2 aromatic carbocycles. The first-order valence-electron chi connectivity index (χ1n) is 5.86. The van der Waals surface area contributed by atoms with Gasteiger partial charge in [-0.1, -0.05) is 0 Å². The molecule has 0 amide bonds. The second-order valence-corrected chi connectivity index (χ2v) is 8.24. The molecule has 92 valence electrons. The van der Waals surface area contributed by atoms with Crippen LogP contribution in [0.1, 0.15) is 11.1 Å². The van der Waals surface area contributed by atoms with Crippen molar-refractivity contribution in [2.75, 3.05) is 0 Å². The molecule has 0 fully saturated rings. The van der Waals surface area contributed by atoms with Crippen molar-refractivity contribution in [2.24, 2.45) is 0 Å². The van der Waals surface area contributed by atoms with E-state index in [2.05, 4.69) is 72.3 Å². The number of hydrogen-bond donors (Lipinski definition) is 0. The zero-order chi connectivity index (χ0) is 12.8. The van der Waals surface area contributed by atoms with E-state index in [1.54, 1.807) is 0 Å². The van der Waals surface area contributed by atoms with E-state index in [0.29, 0.717) is 29.9 Å². The quantitative estimate of drug-likeness (QED) is 0.728. The van der Waals surface area contributed by atoms with Crippen molar-refractivity contribution >= 4 is 38.8 Å². The fraction of sp³-hybridized carbons (Fsp3) is 0.125. The van der Waals surface area contributed by atoms with Crippen LogP contribution in [0.5, 0.6) is 0 Å². The van der Waals surface area contributed by atoms with Gasteiger partial charge in [-0.25, -0.2) is 0 Å². The van der Waals surface area contributed by atoms with E-state index >= 15 is 0 Å². The fourth-order valence-corrected chi connectivity index (χ4v) is 4.78. The van der Waals surface area contributed by atoms with Gasteiger partial charge in [-0.05, 0) is 0 Å². The van der Waals surface area contributed by atoms with Crippen molar-refractivity contribution in [2.45, 2.75) is 13.8 Å². The zero-order valence-electron chi connectivity index (χ0n) is 10.6. The summed E-state index contributed by atoms with van der Waals surface area (Å²) in [5.41, 5.74) is 2.67. The number of aryl methyl sites for hydroxylation is 2. The summed E-state index contributed by atoms with van der Waals surface area (Å²) in [6.07, 6.45) is 0. The minimum absolute atomic E-state index is 0.472. The van der Waals surface area contributed by atoms with Gasteiger partial charge in [0.2, 0.25) is 0 Å². The van der Waals surface area contributed by atoms with Crippen LogP contribution < -0.4 is 8.92 Å². The molecule has 0 saturated heterocycles. The van der Waals surface area contributed by atoms with E-state index in [-0.39, 0.29) is 0 Å². The first-order chi connectivity index (χ1) is 8.74. The van der Waals surface area contributed by atoms with Gasteiger partial charge in [0.1, 0.15) is 0 Å². The molecule has 2 rings (SSSR count). The summed E-state index contributed by atoms with van der Waals surface area (Å²) in [6.45, 7) is 4.26. The Kier molecular flexibility index (Phi) is 5.28. The fourth-order valence-electron chi connectivity index (χ4n) is 1.45. The summed E-state index contributed by atoms with van der Waals surface area (Å²) in [7, 11) is 0. The monoisotopic (exact) mass is 368 g/mol. The van der Waals surface area contributed by atoms with Crippen LogP contribution in [0.25, 0.3) is 0 Å². The first-order valence-corrected chi connectivity index (χ1v) is 9.55. The van der Waals surface area contributed by atoms with Crippen LogP contribution >= 0.6 is 0 Å². The molecule has 0 nitrogen and oxygen atoms in total. The van der Waals surface area contributed by atoms with Crippen LogP contribution in [0.2, 0.25) is 0 Å². The van der Waals surface area contributed by atoms with Crippen LogP contribution in [0, 0.1) is 13.8 Å². The van der Waals surface area contributed by atoms with Crippen LogP contribution in [-0.4, -0.2) is 29.9 Å². The summed E-state index contributed by atoms with van der Waals surface area (Å²) < 4.78 is 2.90. The van der Waals surface area contributed by atoms with Gasteiger partial charge in [-0.3, -0.25) is 0 Å². The van der Waals surface area contributed by atoms with Crippen molar-refractivity contribution in [1.82, 2.24) is 0 Å². The predicted octanol–water partition coefficient (Wildman–Crippen LogP) is 2.13. The molecule has 0 aromatic heterocycles. The standard InChI is InChI=1S/C16H16Se2/c1-13-3-7-15(8-4-13)17-11-12-18-16-9-5-14(2)6-10-16/h3-12H,1-2H3. The normalized spacial score (nSPS) is 11.0. The summed E-state index contributed by atoms with van der Waals surface area (Å²) >= 11 is 0.945. The Hall–Kier alpha value is -0.781. The molecule has 0 aliphatic carbocycles. The van der Waals surface area contributed by atoms with Gasteiger partial charge in [0.25, 0.3) is 0 Å². The predicted molar refractivity (Wildman–Crippen MR) is 82.3 cm³/mol. The van der Waals surface area contributed by atoms with Gasteiger partial charge in [0.15, 0.2) is 0 Å². The first kappa shape index (κ1) is 13.6. The van der Waals surface area contributed by atoms with Crippen molar-refractivity contribution in [3.8, 4) is 0 Å². The Labute approximate surface area is 122 Å². The van der Waals surface area contributed by atoms with Gasteiger partial charge in [0.05, 0.1) is 0 Å². The van der Waals surface area contributed by atoms with Crippen molar-refractivity contribution < 1.29 is 0 Å². The third-order valence-corrected chi connectivity index (χ3v) is 6.81. The molecule has 0 unspecified atom stereocenters. The molecule has 0 bridgehead atoms. The second kappa shape index (κ2) is 6.97. The van der Waals surface area contributed by atoms with Crippen LogP contribution in [0.3, 0.4) is 0 Å². The topological polar surface area (TPSA) is 0 Å². The summed E-state index contributed by atoms with van der Waals surface area (Å²) in [4.78, 5) is 4.69. The second-order valence-electron chi connectivity index (χ2n) is 4.13. The molecule has 0 radical (unpaired) electrons. The van der Waals surface area contributed by atoms with Gasteiger partial charge < -0.3 is 0 Å². The molecule has 0 heterocycles. The molecular weight excluding hydrogens is 350 g/mol. The summed E-state index contributed by atoms with van der Waals surface area (Å²) in [6, 6.07) is 17.7. The van der Waals surface area contributed by atoms with E-state index < -0.39 is 0 Å². The average molecular weight is 366 g/mol. The number of hydrogen-bond acceptors (Lipinski definition) is 0. The molecule has 18 heavy (non-hydrogen) atoms. The zero-order valence-corrected chi connectivity index (χ0v) is 14.0. The van der Waals surface area contributed by atoms with Crippen LogP contribution in [-0.2, 0) is 0 Å². The molecule has 2 aromatic rings. The molecule has 2 heteroatoms. The Morgan fingerprint density at radius 2 is 0.944 bits per heavy atom. The maximum absolute atomic E-state index is 2.34. The SMILES string of the molecule is Cc1ccc([Se]C=C[Se]c2ccc(C)cc2)cc1. The van der Waals surface area contributed by atoms with Gasteiger partial charge in [-0.2, -0.15) is 0 Å². The van der Waals surface area contributed by atoms with Crippen molar-refractivity contribution in [3.05, 3.63) is 69.6 Å². The third kappa shape index (κ3) is 4.48. The Morgan fingerprint density at radius 3 is 1.28 bits per heavy atom. The molecule has 0 saturated carbocycles. The molecule has 0 atom stereocenters. The Morgan fingerprint density at radius 1 is 0.611 bits per heavy atom. The number of rotatable bonds is 4.